The van der Waals surface area contributed by atoms with Crippen molar-refractivity contribution in [3.8, 4) is 0 Å². The third kappa shape index (κ3) is 5.58. The van der Waals surface area contributed by atoms with E-state index >= 15 is 0 Å². The number of rotatable bonds is 7. The van der Waals surface area contributed by atoms with Gasteiger partial charge in [0.25, 0.3) is 0 Å². The van der Waals surface area contributed by atoms with Gasteiger partial charge in [-0.3, -0.25) is 9.59 Å². The van der Waals surface area contributed by atoms with Gasteiger partial charge in [0.15, 0.2) is 6.61 Å². The molecule has 2 aliphatic carbocycles. The first-order valence-corrected chi connectivity index (χ1v) is 10.5. The van der Waals surface area contributed by atoms with Crippen LogP contribution in [0.4, 0.5) is 8.78 Å². The molecule has 0 aromatic carbocycles. The second kappa shape index (κ2) is 9.24. The molecule has 0 aromatic rings. The van der Waals surface area contributed by atoms with Crippen LogP contribution in [0.1, 0.15) is 57.8 Å². The van der Waals surface area contributed by atoms with Crippen molar-refractivity contribution < 1.29 is 40.5 Å². The maximum absolute atomic E-state index is 13.5. The average Bonchev–Trinajstić information content (AvgIpc) is 2.66. The van der Waals surface area contributed by atoms with Crippen molar-refractivity contribution >= 4 is 22.1 Å². The van der Waals surface area contributed by atoms with Crippen LogP contribution < -0.4 is 5.90 Å². The fourth-order valence-electron chi connectivity index (χ4n) is 3.53. The van der Waals surface area contributed by atoms with Gasteiger partial charge in [0.2, 0.25) is 0 Å². The Kier molecular flexibility index (Phi) is 7.52. The summed E-state index contributed by atoms with van der Waals surface area (Å²) in [5, 5.41) is -4.48. The lowest BCUT2D eigenvalue weighted by atomic mass is 9.79. The molecule has 11 heteroatoms. The predicted octanol–water partition coefficient (Wildman–Crippen LogP) is 2.02. The standard InChI is InChI=1S/C16H25F2NO7S/c17-16(18,27(22,23)26-19)10-24-14(20)12-8-4-5-9-13(12)15(21)25-11-6-2-1-3-7-11/h11-13H,1-10,19H2. The highest BCUT2D eigenvalue weighted by Crippen LogP contribution is 2.34. The third-order valence-electron chi connectivity index (χ3n) is 5.08. The molecule has 27 heavy (non-hydrogen) atoms. The van der Waals surface area contributed by atoms with Crippen LogP contribution in [0.2, 0.25) is 0 Å². The number of hydrogen-bond donors (Lipinski definition) is 1. The van der Waals surface area contributed by atoms with E-state index in [2.05, 4.69) is 14.9 Å². The molecule has 0 amide bonds. The number of halogens is 2. The fraction of sp³-hybridized carbons (Fsp3) is 0.875. The second-order valence-corrected chi connectivity index (χ2v) is 8.69. The zero-order chi connectivity index (χ0) is 20.1. The Balaban J connectivity index is 1.96. The highest BCUT2D eigenvalue weighted by Gasteiger charge is 2.49. The molecular formula is C16H25F2NO7S. The summed E-state index contributed by atoms with van der Waals surface area (Å²) in [4.78, 5) is 24.7. The molecule has 0 spiro atoms. The van der Waals surface area contributed by atoms with Crippen molar-refractivity contribution in [3.63, 3.8) is 0 Å². The molecule has 0 aromatic heterocycles. The zero-order valence-electron chi connectivity index (χ0n) is 14.9. The summed E-state index contributed by atoms with van der Waals surface area (Å²) in [5.74, 6) is 1.04. The first-order chi connectivity index (χ1) is 12.7. The summed E-state index contributed by atoms with van der Waals surface area (Å²) in [7, 11) is -5.40. The van der Waals surface area contributed by atoms with Crippen molar-refractivity contribution in [1.29, 1.82) is 0 Å². The zero-order valence-corrected chi connectivity index (χ0v) is 15.7. The lowest BCUT2D eigenvalue weighted by molar-refractivity contribution is -0.169. The van der Waals surface area contributed by atoms with E-state index in [-0.39, 0.29) is 12.5 Å². The maximum atomic E-state index is 13.5. The van der Waals surface area contributed by atoms with Gasteiger partial charge < -0.3 is 9.47 Å². The van der Waals surface area contributed by atoms with Crippen molar-refractivity contribution in [3.05, 3.63) is 0 Å². The van der Waals surface area contributed by atoms with Crippen LogP contribution in [-0.2, 0) is 33.5 Å². The van der Waals surface area contributed by atoms with Crippen LogP contribution in [0.3, 0.4) is 0 Å². The topological polar surface area (TPSA) is 122 Å². The van der Waals surface area contributed by atoms with Crippen LogP contribution in [0.15, 0.2) is 0 Å². The van der Waals surface area contributed by atoms with Crippen molar-refractivity contribution in [2.24, 2.45) is 17.7 Å². The normalized spacial score (nSPS) is 25.0. The molecule has 2 aliphatic rings. The molecular weight excluding hydrogens is 388 g/mol. The van der Waals surface area contributed by atoms with Crippen molar-refractivity contribution in [2.45, 2.75) is 69.1 Å². The molecule has 0 radical (unpaired) electrons. The van der Waals surface area contributed by atoms with E-state index in [0.717, 1.165) is 32.1 Å². The molecule has 2 saturated carbocycles. The van der Waals surface area contributed by atoms with E-state index in [1.165, 1.54) is 0 Å². The molecule has 156 valence electrons. The van der Waals surface area contributed by atoms with E-state index in [1.807, 2.05) is 0 Å². The molecule has 8 nitrogen and oxygen atoms in total. The van der Waals surface area contributed by atoms with Gasteiger partial charge >= 0.3 is 27.3 Å². The van der Waals surface area contributed by atoms with E-state index < -0.39 is 45.8 Å². The van der Waals surface area contributed by atoms with E-state index in [1.54, 1.807) is 0 Å². The van der Waals surface area contributed by atoms with Crippen LogP contribution >= 0.6 is 0 Å². The van der Waals surface area contributed by atoms with Gasteiger partial charge in [0.1, 0.15) is 6.10 Å². The van der Waals surface area contributed by atoms with Crippen molar-refractivity contribution in [2.75, 3.05) is 6.61 Å². The van der Waals surface area contributed by atoms with Gasteiger partial charge in [-0.1, -0.05) is 19.3 Å². The smallest absolute Gasteiger partial charge is 0.404 e. The Morgan fingerprint density at radius 3 is 2.00 bits per heavy atom. The van der Waals surface area contributed by atoms with Crippen molar-refractivity contribution in [1.82, 2.24) is 0 Å². The number of ether oxygens (including phenoxy) is 2. The Morgan fingerprint density at radius 2 is 1.44 bits per heavy atom. The van der Waals surface area contributed by atoms with Crippen LogP contribution in [-0.4, -0.2) is 38.3 Å². The molecule has 0 saturated heterocycles. The monoisotopic (exact) mass is 413 g/mol. The Bertz CT molecular complexity index is 635. The van der Waals surface area contributed by atoms with Gasteiger partial charge in [0.05, 0.1) is 11.8 Å². The van der Waals surface area contributed by atoms with E-state index in [4.69, 9.17) is 4.74 Å². The first-order valence-electron chi connectivity index (χ1n) is 9.06. The molecule has 2 N–H and O–H groups in total. The minimum atomic E-state index is -5.40. The van der Waals surface area contributed by atoms with Crippen LogP contribution in [0.5, 0.6) is 0 Å². The summed E-state index contributed by atoms with van der Waals surface area (Å²) in [6.45, 7) is -1.73. The summed E-state index contributed by atoms with van der Waals surface area (Å²) in [5.41, 5.74) is 0. The number of alkyl halides is 2. The molecule has 0 aliphatic heterocycles. The van der Waals surface area contributed by atoms with Gasteiger partial charge in [-0.25, -0.2) is 0 Å². The van der Waals surface area contributed by atoms with Gasteiger partial charge in [-0.05, 0) is 38.5 Å². The third-order valence-corrected chi connectivity index (χ3v) is 6.18. The predicted molar refractivity (Wildman–Crippen MR) is 88.5 cm³/mol. The number of carbonyl (C=O) groups is 2. The molecule has 2 atom stereocenters. The quantitative estimate of drug-likeness (QED) is 0.497. The summed E-state index contributed by atoms with van der Waals surface area (Å²) in [6, 6.07) is 0. The highest BCUT2D eigenvalue weighted by molar-refractivity contribution is 7.87. The largest absolute Gasteiger partial charge is 0.462 e. The SMILES string of the molecule is NOS(=O)(=O)C(F)(F)COC(=O)C1CCCCC1C(=O)OC1CCCCC1. The molecule has 2 fully saturated rings. The summed E-state index contributed by atoms with van der Waals surface area (Å²) < 4.78 is 62.4. The Labute approximate surface area is 156 Å². The highest BCUT2D eigenvalue weighted by atomic mass is 32.2. The van der Waals surface area contributed by atoms with Gasteiger partial charge in [-0.2, -0.15) is 27.4 Å². The summed E-state index contributed by atoms with van der Waals surface area (Å²) >= 11 is 0. The Morgan fingerprint density at radius 1 is 0.926 bits per heavy atom. The van der Waals surface area contributed by atoms with Gasteiger partial charge in [0, 0.05) is 0 Å². The second-order valence-electron chi connectivity index (χ2n) is 6.99. The summed E-state index contributed by atoms with van der Waals surface area (Å²) in [6.07, 6.45) is 6.43. The lowest BCUT2D eigenvalue weighted by Crippen LogP contribution is -2.41. The van der Waals surface area contributed by atoms with Gasteiger partial charge in [-0.15, -0.1) is 0 Å². The number of hydrogen-bond acceptors (Lipinski definition) is 8. The number of carbonyl (C=O) groups excluding carboxylic acids is 2. The number of esters is 2. The number of nitrogens with two attached hydrogens (primary N) is 1. The fourth-order valence-corrected chi connectivity index (χ4v) is 3.88. The molecule has 0 heterocycles. The van der Waals surface area contributed by atoms with E-state index in [9.17, 15) is 26.8 Å². The molecule has 2 rings (SSSR count). The van der Waals surface area contributed by atoms with Crippen LogP contribution in [0.25, 0.3) is 0 Å². The van der Waals surface area contributed by atoms with E-state index in [0.29, 0.717) is 19.3 Å². The minimum absolute atomic E-state index is 0.180. The average molecular weight is 413 g/mol. The molecule has 2 unspecified atom stereocenters. The maximum Gasteiger partial charge on any atom is 0.404 e. The minimum Gasteiger partial charge on any atom is -0.462 e. The van der Waals surface area contributed by atoms with Crippen LogP contribution in [0, 0.1) is 11.8 Å². The first kappa shape index (κ1) is 22.0. The Hall–Kier alpha value is -1.33. The molecule has 0 bridgehead atoms. The lowest BCUT2D eigenvalue weighted by Gasteiger charge is -2.31.